The second-order valence-electron chi connectivity index (χ2n) is 4.07. The lowest BCUT2D eigenvalue weighted by Gasteiger charge is -1.96. The van der Waals surface area contributed by atoms with E-state index in [1.54, 1.807) is 0 Å². The third kappa shape index (κ3) is 2.67. The molecule has 0 radical (unpaired) electrons. The van der Waals surface area contributed by atoms with Gasteiger partial charge in [-0.15, -0.1) is 11.3 Å². The van der Waals surface area contributed by atoms with Gasteiger partial charge < -0.3 is 0 Å². The fourth-order valence-electron chi connectivity index (χ4n) is 1.97. The number of thiophene rings is 1. The van der Waals surface area contributed by atoms with E-state index in [2.05, 4.69) is 55.5 Å². The standard InChI is InChI=1S/C16H18S/c1-3-5-6-10-13-14-11-7-8-12-16(14)17-15(13)9-4-2/h3,5-8,10-12H,4,9H2,1-2H3/b5-3-,10-6-. The van der Waals surface area contributed by atoms with Crippen molar-refractivity contribution in [1.82, 2.24) is 0 Å². The predicted octanol–water partition coefficient (Wildman–Crippen LogP) is 5.44. The third-order valence-electron chi connectivity index (χ3n) is 2.75. The number of aryl methyl sites for hydroxylation is 1. The molecule has 0 saturated heterocycles. The van der Waals surface area contributed by atoms with Gasteiger partial charge in [0, 0.05) is 9.58 Å². The van der Waals surface area contributed by atoms with E-state index in [0.717, 1.165) is 0 Å². The van der Waals surface area contributed by atoms with Crippen LogP contribution in [0.1, 0.15) is 30.7 Å². The van der Waals surface area contributed by atoms with Gasteiger partial charge in [0.15, 0.2) is 0 Å². The Bertz CT molecular complexity index is 544. The molecule has 0 unspecified atom stereocenters. The summed E-state index contributed by atoms with van der Waals surface area (Å²) in [5, 5.41) is 1.39. The van der Waals surface area contributed by atoms with Crippen LogP contribution in [0.15, 0.2) is 42.5 Å². The second kappa shape index (κ2) is 5.83. The van der Waals surface area contributed by atoms with E-state index in [0.29, 0.717) is 0 Å². The van der Waals surface area contributed by atoms with Crippen molar-refractivity contribution in [2.45, 2.75) is 26.7 Å². The molecular weight excluding hydrogens is 224 g/mol. The zero-order chi connectivity index (χ0) is 12.1. The molecule has 0 bridgehead atoms. The molecule has 0 saturated carbocycles. The summed E-state index contributed by atoms with van der Waals surface area (Å²) in [5.41, 5.74) is 1.41. The van der Waals surface area contributed by atoms with Crippen LogP contribution in [-0.2, 0) is 6.42 Å². The Morgan fingerprint density at radius 3 is 2.76 bits per heavy atom. The SMILES string of the molecule is C/C=C\C=C/c1c(CCC)sc2ccccc12. The van der Waals surface area contributed by atoms with Crippen LogP contribution in [-0.4, -0.2) is 0 Å². The minimum atomic E-state index is 1.18. The monoisotopic (exact) mass is 242 g/mol. The molecule has 0 spiro atoms. The van der Waals surface area contributed by atoms with Crippen LogP contribution in [0.25, 0.3) is 16.2 Å². The summed E-state index contributed by atoms with van der Waals surface area (Å²) in [6, 6.07) is 8.68. The maximum atomic E-state index is 2.24. The first-order valence-corrected chi connectivity index (χ1v) is 6.98. The number of fused-ring (bicyclic) bond motifs is 1. The summed E-state index contributed by atoms with van der Waals surface area (Å²) in [5.74, 6) is 0. The van der Waals surface area contributed by atoms with Crippen molar-refractivity contribution in [3.05, 3.63) is 52.9 Å². The van der Waals surface area contributed by atoms with Crippen LogP contribution >= 0.6 is 11.3 Å². The Balaban J connectivity index is 2.51. The van der Waals surface area contributed by atoms with Gasteiger partial charge in [-0.3, -0.25) is 0 Å². The van der Waals surface area contributed by atoms with Crippen LogP contribution in [0, 0.1) is 0 Å². The van der Waals surface area contributed by atoms with Crippen molar-refractivity contribution in [2.75, 3.05) is 0 Å². The molecule has 0 aliphatic carbocycles. The van der Waals surface area contributed by atoms with E-state index in [4.69, 9.17) is 0 Å². The largest absolute Gasteiger partial charge is 0.140 e. The molecule has 0 fully saturated rings. The van der Waals surface area contributed by atoms with Gasteiger partial charge in [0.05, 0.1) is 0 Å². The molecule has 0 aliphatic heterocycles. The highest BCUT2D eigenvalue weighted by molar-refractivity contribution is 7.19. The average Bonchev–Trinajstić information content (AvgIpc) is 2.69. The summed E-state index contributed by atoms with van der Waals surface area (Å²) in [4.78, 5) is 1.51. The average molecular weight is 242 g/mol. The maximum Gasteiger partial charge on any atom is 0.0351 e. The van der Waals surface area contributed by atoms with E-state index >= 15 is 0 Å². The Morgan fingerprint density at radius 1 is 1.18 bits per heavy atom. The molecule has 0 amide bonds. The summed E-state index contributed by atoms with van der Waals surface area (Å²) >= 11 is 1.93. The summed E-state index contributed by atoms with van der Waals surface area (Å²) in [7, 11) is 0. The Hall–Kier alpha value is -1.34. The van der Waals surface area contributed by atoms with Gasteiger partial charge in [-0.25, -0.2) is 0 Å². The van der Waals surface area contributed by atoms with Gasteiger partial charge in [-0.05, 0) is 30.4 Å². The lowest BCUT2D eigenvalue weighted by molar-refractivity contribution is 0.939. The van der Waals surface area contributed by atoms with Gasteiger partial charge in [-0.2, -0.15) is 0 Å². The van der Waals surface area contributed by atoms with Crippen molar-refractivity contribution in [2.24, 2.45) is 0 Å². The van der Waals surface area contributed by atoms with Crippen molar-refractivity contribution in [3.8, 4) is 0 Å². The molecule has 2 aromatic rings. The molecule has 1 heteroatoms. The van der Waals surface area contributed by atoms with Gasteiger partial charge in [-0.1, -0.05) is 55.8 Å². The van der Waals surface area contributed by atoms with Crippen molar-refractivity contribution in [1.29, 1.82) is 0 Å². The molecule has 17 heavy (non-hydrogen) atoms. The second-order valence-corrected chi connectivity index (χ2v) is 5.21. The summed E-state index contributed by atoms with van der Waals surface area (Å²) in [6.07, 6.45) is 10.9. The lowest BCUT2D eigenvalue weighted by atomic mass is 10.1. The zero-order valence-electron chi connectivity index (χ0n) is 10.4. The van der Waals surface area contributed by atoms with Gasteiger partial charge in [0.2, 0.25) is 0 Å². The highest BCUT2D eigenvalue weighted by Gasteiger charge is 2.07. The zero-order valence-corrected chi connectivity index (χ0v) is 11.3. The summed E-state index contributed by atoms with van der Waals surface area (Å²) in [6.45, 7) is 4.28. The Morgan fingerprint density at radius 2 is 2.00 bits per heavy atom. The van der Waals surface area contributed by atoms with Crippen molar-refractivity contribution in [3.63, 3.8) is 0 Å². The normalized spacial score (nSPS) is 12.1. The first-order valence-electron chi connectivity index (χ1n) is 6.16. The van der Waals surface area contributed by atoms with Crippen LogP contribution in [0.5, 0.6) is 0 Å². The highest BCUT2D eigenvalue weighted by atomic mass is 32.1. The first kappa shape index (κ1) is 12.1. The molecular formula is C16H18S. The van der Waals surface area contributed by atoms with Gasteiger partial charge in [0.25, 0.3) is 0 Å². The number of hydrogen-bond donors (Lipinski definition) is 0. The molecule has 1 heterocycles. The van der Waals surface area contributed by atoms with E-state index in [1.165, 1.54) is 33.4 Å². The van der Waals surface area contributed by atoms with Gasteiger partial charge in [0.1, 0.15) is 0 Å². The maximum absolute atomic E-state index is 2.24. The minimum absolute atomic E-state index is 1.18. The van der Waals surface area contributed by atoms with Crippen LogP contribution in [0.3, 0.4) is 0 Å². The van der Waals surface area contributed by atoms with E-state index in [1.807, 2.05) is 18.3 Å². The Labute approximate surface area is 107 Å². The van der Waals surface area contributed by atoms with Crippen molar-refractivity contribution < 1.29 is 0 Å². The minimum Gasteiger partial charge on any atom is -0.140 e. The number of hydrogen-bond acceptors (Lipinski definition) is 1. The molecule has 0 N–H and O–H groups in total. The van der Waals surface area contributed by atoms with E-state index in [9.17, 15) is 0 Å². The van der Waals surface area contributed by atoms with Gasteiger partial charge >= 0.3 is 0 Å². The molecule has 0 aliphatic rings. The quantitative estimate of drug-likeness (QED) is 0.626. The fraction of sp³-hybridized carbons (Fsp3) is 0.250. The van der Waals surface area contributed by atoms with Crippen LogP contribution in [0.2, 0.25) is 0 Å². The molecule has 1 aromatic carbocycles. The number of rotatable bonds is 4. The third-order valence-corrected chi connectivity index (χ3v) is 4.00. The van der Waals surface area contributed by atoms with Crippen molar-refractivity contribution >= 4 is 27.5 Å². The molecule has 88 valence electrons. The van der Waals surface area contributed by atoms with E-state index < -0.39 is 0 Å². The lowest BCUT2D eigenvalue weighted by Crippen LogP contribution is -1.80. The summed E-state index contributed by atoms with van der Waals surface area (Å²) < 4.78 is 1.40. The Kier molecular flexibility index (Phi) is 4.16. The number of benzene rings is 1. The predicted molar refractivity (Wildman–Crippen MR) is 79.7 cm³/mol. The van der Waals surface area contributed by atoms with Crippen LogP contribution < -0.4 is 0 Å². The fourth-order valence-corrected chi connectivity index (χ4v) is 3.27. The molecule has 1 aromatic heterocycles. The highest BCUT2D eigenvalue weighted by Crippen LogP contribution is 2.33. The smallest absolute Gasteiger partial charge is 0.0351 e. The first-order chi connectivity index (χ1) is 8.36. The number of allylic oxidation sites excluding steroid dienone is 3. The molecule has 0 nitrogen and oxygen atoms in total. The van der Waals surface area contributed by atoms with Crippen LogP contribution in [0.4, 0.5) is 0 Å². The molecule has 2 rings (SSSR count). The topological polar surface area (TPSA) is 0 Å². The molecule has 0 atom stereocenters. The van der Waals surface area contributed by atoms with E-state index in [-0.39, 0.29) is 0 Å².